The summed E-state index contributed by atoms with van der Waals surface area (Å²) in [7, 11) is 2.01. The van der Waals surface area contributed by atoms with Gasteiger partial charge in [0.25, 0.3) is 0 Å². The van der Waals surface area contributed by atoms with Gasteiger partial charge in [0.2, 0.25) is 5.91 Å². The molecule has 1 N–H and O–H groups in total. The highest BCUT2D eigenvalue weighted by molar-refractivity contribution is 5.85. The Kier molecular flexibility index (Phi) is 5.93. The summed E-state index contributed by atoms with van der Waals surface area (Å²) in [6.07, 6.45) is 7.10. The largest absolute Gasteiger partial charge is 0.342 e. The highest BCUT2D eigenvalue weighted by Crippen LogP contribution is 2.42. The van der Waals surface area contributed by atoms with Gasteiger partial charge >= 0.3 is 0 Å². The van der Waals surface area contributed by atoms with Crippen LogP contribution in [0.2, 0.25) is 0 Å². The number of halogens is 1. The molecule has 0 atom stereocenters. The lowest BCUT2D eigenvalue weighted by atomic mass is 9.69. The van der Waals surface area contributed by atoms with Crippen LogP contribution in [0.3, 0.4) is 0 Å². The number of hydrogen-bond donors (Lipinski definition) is 1. The summed E-state index contributed by atoms with van der Waals surface area (Å²) >= 11 is 0. The Bertz CT molecular complexity index is 271. The van der Waals surface area contributed by atoms with E-state index in [0.717, 1.165) is 38.4 Å². The topological polar surface area (TPSA) is 32.3 Å². The highest BCUT2D eigenvalue weighted by Gasteiger charge is 2.42. The first-order valence-electron chi connectivity index (χ1n) is 7.10. The molecule has 0 aromatic carbocycles. The summed E-state index contributed by atoms with van der Waals surface area (Å²) in [6.45, 7) is 5.23. The van der Waals surface area contributed by atoms with Crippen molar-refractivity contribution in [2.45, 2.75) is 45.4 Å². The monoisotopic (exact) mass is 274 g/mol. The van der Waals surface area contributed by atoms with Gasteiger partial charge in [-0.2, -0.15) is 0 Å². The van der Waals surface area contributed by atoms with Crippen LogP contribution in [0.25, 0.3) is 0 Å². The van der Waals surface area contributed by atoms with Crippen LogP contribution in [-0.2, 0) is 4.79 Å². The Morgan fingerprint density at radius 2 is 1.94 bits per heavy atom. The fourth-order valence-electron chi connectivity index (χ4n) is 3.08. The molecule has 0 aromatic heterocycles. The van der Waals surface area contributed by atoms with Gasteiger partial charge in [0.05, 0.1) is 0 Å². The molecule has 0 radical (unpaired) electrons. The number of nitrogens with one attached hydrogen (secondary N) is 1. The third-order valence-electron chi connectivity index (χ3n) is 4.68. The van der Waals surface area contributed by atoms with E-state index < -0.39 is 0 Å². The predicted molar refractivity (Wildman–Crippen MR) is 77.1 cm³/mol. The maximum atomic E-state index is 12.3. The van der Waals surface area contributed by atoms with Gasteiger partial charge in [0.15, 0.2) is 0 Å². The number of carbonyl (C=O) groups excluding carboxylic acids is 1. The van der Waals surface area contributed by atoms with E-state index in [1.165, 1.54) is 25.7 Å². The average Bonchev–Trinajstić information content (AvgIpc) is 2.33. The van der Waals surface area contributed by atoms with Crippen molar-refractivity contribution in [3.8, 4) is 0 Å². The number of carbonyl (C=O) groups is 1. The lowest BCUT2D eigenvalue weighted by Gasteiger charge is -2.43. The Labute approximate surface area is 117 Å². The summed E-state index contributed by atoms with van der Waals surface area (Å²) in [5, 5.41) is 3.21. The molecule has 4 heteroatoms. The number of rotatable bonds is 4. The molecule has 0 aromatic rings. The number of hydrogen-bond acceptors (Lipinski definition) is 2. The highest BCUT2D eigenvalue weighted by atomic mass is 35.5. The van der Waals surface area contributed by atoms with Gasteiger partial charge < -0.3 is 10.2 Å². The van der Waals surface area contributed by atoms with E-state index in [1.807, 2.05) is 7.05 Å². The molecule has 3 nitrogen and oxygen atoms in total. The molecule has 1 saturated carbocycles. The number of likely N-dealkylation sites (tertiary alicyclic amines) is 1. The van der Waals surface area contributed by atoms with Crippen LogP contribution in [0.5, 0.6) is 0 Å². The zero-order valence-electron chi connectivity index (χ0n) is 11.7. The zero-order valence-corrected chi connectivity index (χ0v) is 12.5. The number of piperidine rings is 1. The summed E-state index contributed by atoms with van der Waals surface area (Å²) in [4.78, 5) is 14.5. The normalized spacial score (nSPS) is 23.1. The third-order valence-corrected chi connectivity index (χ3v) is 4.68. The molecule has 2 fully saturated rings. The minimum absolute atomic E-state index is 0. The lowest BCUT2D eigenvalue weighted by Crippen LogP contribution is -2.49. The fourth-order valence-corrected chi connectivity index (χ4v) is 3.08. The van der Waals surface area contributed by atoms with Crippen molar-refractivity contribution in [3.63, 3.8) is 0 Å². The molecular weight excluding hydrogens is 248 g/mol. The van der Waals surface area contributed by atoms with E-state index >= 15 is 0 Å². The van der Waals surface area contributed by atoms with Crippen molar-refractivity contribution in [2.75, 3.05) is 26.7 Å². The van der Waals surface area contributed by atoms with Crippen molar-refractivity contribution in [1.82, 2.24) is 10.2 Å². The van der Waals surface area contributed by atoms with Crippen LogP contribution in [-0.4, -0.2) is 37.5 Å². The fraction of sp³-hybridized carbons (Fsp3) is 0.929. The van der Waals surface area contributed by atoms with E-state index in [2.05, 4.69) is 17.1 Å². The van der Waals surface area contributed by atoms with E-state index in [0.29, 0.717) is 5.91 Å². The summed E-state index contributed by atoms with van der Waals surface area (Å²) < 4.78 is 0. The second-order valence-electron chi connectivity index (χ2n) is 6.04. The van der Waals surface area contributed by atoms with Crippen LogP contribution in [0.4, 0.5) is 0 Å². The van der Waals surface area contributed by atoms with Crippen LogP contribution < -0.4 is 5.32 Å². The van der Waals surface area contributed by atoms with Gasteiger partial charge in [-0.25, -0.2) is 0 Å². The molecule has 2 rings (SSSR count). The van der Waals surface area contributed by atoms with Crippen molar-refractivity contribution in [3.05, 3.63) is 0 Å². The van der Waals surface area contributed by atoms with Crippen LogP contribution in [0.15, 0.2) is 0 Å². The maximum Gasteiger partial charge on any atom is 0.228 e. The van der Waals surface area contributed by atoms with Gasteiger partial charge in [0.1, 0.15) is 0 Å². The van der Waals surface area contributed by atoms with Crippen molar-refractivity contribution in [2.24, 2.45) is 11.3 Å². The molecule has 18 heavy (non-hydrogen) atoms. The standard InChI is InChI=1S/C14H26N2O.ClH/c1-14(7-3-8-14)13(17)16-10-5-12(6-11-16)4-9-15-2;/h12,15H,3-11H2,1-2H3;1H. The molecule has 1 saturated heterocycles. The van der Waals surface area contributed by atoms with Crippen LogP contribution in [0, 0.1) is 11.3 Å². The quantitative estimate of drug-likeness (QED) is 0.854. The summed E-state index contributed by atoms with van der Waals surface area (Å²) in [5.41, 5.74) is -0.00217. The Morgan fingerprint density at radius 1 is 1.33 bits per heavy atom. The molecule has 106 valence electrons. The molecule has 1 amide bonds. The Hall–Kier alpha value is -0.280. The number of nitrogens with zero attached hydrogens (tertiary/aromatic N) is 1. The maximum absolute atomic E-state index is 12.3. The van der Waals surface area contributed by atoms with Gasteiger partial charge in [-0.15, -0.1) is 12.4 Å². The van der Waals surface area contributed by atoms with Gasteiger partial charge in [-0.3, -0.25) is 4.79 Å². The zero-order chi connectivity index (χ0) is 12.3. The molecule has 2 aliphatic rings. The van der Waals surface area contributed by atoms with Crippen LogP contribution >= 0.6 is 12.4 Å². The second kappa shape index (κ2) is 6.76. The van der Waals surface area contributed by atoms with Gasteiger partial charge in [0, 0.05) is 18.5 Å². The van der Waals surface area contributed by atoms with Gasteiger partial charge in [-0.05, 0) is 51.6 Å². The molecule has 0 unspecified atom stereocenters. The minimum atomic E-state index is -0.00217. The Morgan fingerprint density at radius 3 is 2.39 bits per heavy atom. The first kappa shape index (κ1) is 15.8. The third kappa shape index (κ3) is 3.39. The minimum Gasteiger partial charge on any atom is -0.342 e. The first-order valence-corrected chi connectivity index (χ1v) is 7.10. The van der Waals surface area contributed by atoms with Crippen molar-refractivity contribution in [1.29, 1.82) is 0 Å². The van der Waals surface area contributed by atoms with E-state index in [-0.39, 0.29) is 17.8 Å². The molecule has 0 bridgehead atoms. The summed E-state index contributed by atoms with van der Waals surface area (Å²) in [6, 6.07) is 0. The van der Waals surface area contributed by atoms with Crippen molar-refractivity contribution < 1.29 is 4.79 Å². The SMILES string of the molecule is CNCCC1CCN(C(=O)C2(C)CCC2)CC1.Cl. The molecular formula is C14H27ClN2O. The smallest absolute Gasteiger partial charge is 0.228 e. The molecule has 1 aliphatic heterocycles. The second-order valence-corrected chi connectivity index (χ2v) is 6.04. The van der Waals surface area contributed by atoms with E-state index in [4.69, 9.17) is 0 Å². The molecule has 1 aliphatic carbocycles. The summed E-state index contributed by atoms with van der Waals surface area (Å²) in [5.74, 6) is 1.25. The average molecular weight is 275 g/mol. The van der Waals surface area contributed by atoms with Crippen LogP contribution in [0.1, 0.15) is 45.4 Å². The Balaban J connectivity index is 0.00000162. The number of amides is 1. The van der Waals surface area contributed by atoms with Gasteiger partial charge in [-0.1, -0.05) is 13.3 Å². The van der Waals surface area contributed by atoms with Crippen molar-refractivity contribution >= 4 is 18.3 Å². The lowest BCUT2D eigenvalue weighted by molar-refractivity contribution is -0.147. The van der Waals surface area contributed by atoms with E-state index in [9.17, 15) is 4.79 Å². The molecule has 1 heterocycles. The van der Waals surface area contributed by atoms with E-state index in [1.54, 1.807) is 0 Å². The molecule has 0 spiro atoms. The predicted octanol–water partition coefficient (Wildman–Crippen LogP) is 2.45. The first-order chi connectivity index (χ1) is 8.15.